The van der Waals surface area contributed by atoms with Crippen molar-refractivity contribution in [3.05, 3.63) is 63.1 Å². The molecule has 2 amide bonds. The first-order valence-electron chi connectivity index (χ1n) is 12.9. The molecule has 0 heterocycles. The van der Waals surface area contributed by atoms with Gasteiger partial charge in [0.2, 0.25) is 21.8 Å². The molecule has 0 unspecified atom stereocenters. The van der Waals surface area contributed by atoms with Crippen LogP contribution in [-0.2, 0) is 26.2 Å². The van der Waals surface area contributed by atoms with Crippen LogP contribution in [0.4, 0.5) is 5.69 Å². The van der Waals surface area contributed by atoms with Crippen LogP contribution < -0.4 is 9.62 Å². The molecular formula is C28H39Cl2N3O4S. The number of amides is 2. The van der Waals surface area contributed by atoms with Gasteiger partial charge < -0.3 is 10.2 Å². The predicted molar refractivity (Wildman–Crippen MR) is 156 cm³/mol. The van der Waals surface area contributed by atoms with E-state index in [1.165, 1.54) is 9.21 Å². The Morgan fingerprint density at radius 2 is 1.58 bits per heavy atom. The lowest BCUT2D eigenvalue weighted by Crippen LogP contribution is -2.50. The Labute approximate surface area is 237 Å². The smallest absolute Gasteiger partial charge is 0.243 e. The maximum absolute atomic E-state index is 13.6. The average molecular weight is 585 g/mol. The van der Waals surface area contributed by atoms with E-state index >= 15 is 0 Å². The van der Waals surface area contributed by atoms with Gasteiger partial charge in [-0.25, -0.2) is 8.42 Å². The van der Waals surface area contributed by atoms with Crippen molar-refractivity contribution in [3.63, 3.8) is 0 Å². The van der Waals surface area contributed by atoms with Crippen LogP contribution in [0, 0.1) is 13.8 Å². The van der Waals surface area contributed by atoms with Gasteiger partial charge in [0.25, 0.3) is 0 Å². The number of rotatable bonds is 13. The lowest BCUT2D eigenvalue weighted by atomic mass is 10.1. The topological polar surface area (TPSA) is 86.8 Å². The van der Waals surface area contributed by atoms with E-state index < -0.39 is 16.1 Å². The molecule has 0 aliphatic rings. The number of carbonyl (C=O) groups excluding carboxylic acids is 2. The second kappa shape index (κ2) is 14.2. The molecule has 0 saturated heterocycles. The van der Waals surface area contributed by atoms with Gasteiger partial charge in [-0.3, -0.25) is 13.9 Å². The lowest BCUT2D eigenvalue weighted by Gasteiger charge is -2.32. The van der Waals surface area contributed by atoms with Gasteiger partial charge in [0.05, 0.1) is 11.9 Å². The van der Waals surface area contributed by atoms with Crippen molar-refractivity contribution in [2.45, 2.75) is 78.9 Å². The van der Waals surface area contributed by atoms with E-state index in [1.54, 1.807) is 18.2 Å². The number of hydrogen-bond acceptors (Lipinski definition) is 4. The standard InChI is InChI=1S/C28H39Cl2N3O4S/c1-7-21(5)31-28(35)26(8-2)32(18-23-24(29)11-9-12-25(23)30)27(34)13-10-14-33(38(6,36)37)22-16-19(3)15-20(4)17-22/h9,11-12,15-17,21,26H,7-8,10,13-14,18H2,1-6H3,(H,31,35)/t21-,26-/m1/s1. The minimum absolute atomic E-state index is 0.0430. The minimum Gasteiger partial charge on any atom is -0.352 e. The zero-order valence-electron chi connectivity index (χ0n) is 23.1. The number of sulfonamides is 1. The number of halogens is 2. The van der Waals surface area contributed by atoms with E-state index in [1.807, 2.05) is 52.8 Å². The zero-order chi connectivity index (χ0) is 28.6. The lowest BCUT2D eigenvalue weighted by molar-refractivity contribution is -0.141. The summed E-state index contributed by atoms with van der Waals surface area (Å²) < 4.78 is 26.5. The van der Waals surface area contributed by atoms with Crippen LogP contribution in [0.5, 0.6) is 0 Å². The van der Waals surface area contributed by atoms with Crippen LogP contribution in [0.1, 0.15) is 63.1 Å². The summed E-state index contributed by atoms with van der Waals surface area (Å²) in [5.41, 5.74) is 3.03. The largest absolute Gasteiger partial charge is 0.352 e. The van der Waals surface area contributed by atoms with Crippen LogP contribution in [-0.4, -0.2) is 50.0 Å². The Balaban J connectivity index is 2.31. The minimum atomic E-state index is -3.57. The third-order valence-corrected chi connectivity index (χ3v) is 8.33. The third-order valence-electron chi connectivity index (χ3n) is 6.42. The number of nitrogens with one attached hydrogen (secondary N) is 1. The van der Waals surface area contributed by atoms with Gasteiger partial charge in [0.1, 0.15) is 6.04 Å². The first kappa shape index (κ1) is 31.9. The van der Waals surface area contributed by atoms with Gasteiger partial charge in [-0.15, -0.1) is 0 Å². The van der Waals surface area contributed by atoms with Crippen molar-refractivity contribution in [1.29, 1.82) is 0 Å². The zero-order valence-corrected chi connectivity index (χ0v) is 25.4. The second-order valence-corrected chi connectivity index (χ2v) is 12.5. The molecule has 0 aliphatic heterocycles. The summed E-state index contributed by atoms with van der Waals surface area (Å²) in [4.78, 5) is 28.3. The highest BCUT2D eigenvalue weighted by Gasteiger charge is 2.30. The highest BCUT2D eigenvalue weighted by Crippen LogP contribution is 2.28. The number of anilines is 1. The Bertz CT molecular complexity index is 1200. The quantitative estimate of drug-likeness (QED) is 0.319. The molecule has 0 fully saturated rings. The van der Waals surface area contributed by atoms with Gasteiger partial charge >= 0.3 is 0 Å². The molecule has 2 rings (SSSR count). The van der Waals surface area contributed by atoms with Crippen LogP contribution >= 0.6 is 23.2 Å². The molecule has 38 heavy (non-hydrogen) atoms. The molecule has 210 valence electrons. The van der Waals surface area contributed by atoms with Crippen LogP contribution in [0.15, 0.2) is 36.4 Å². The van der Waals surface area contributed by atoms with Crippen molar-refractivity contribution in [3.8, 4) is 0 Å². The molecule has 1 N–H and O–H groups in total. The Hall–Kier alpha value is -2.29. The highest BCUT2D eigenvalue weighted by molar-refractivity contribution is 7.92. The molecule has 0 aliphatic carbocycles. The maximum Gasteiger partial charge on any atom is 0.243 e. The summed E-state index contributed by atoms with van der Waals surface area (Å²) in [6.07, 6.45) is 2.63. The van der Waals surface area contributed by atoms with Crippen molar-refractivity contribution >= 4 is 50.7 Å². The number of benzene rings is 2. The molecule has 7 nitrogen and oxygen atoms in total. The van der Waals surface area contributed by atoms with E-state index in [-0.39, 0.29) is 43.8 Å². The van der Waals surface area contributed by atoms with Crippen molar-refractivity contribution in [2.24, 2.45) is 0 Å². The average Bonchev–Trinajstić information content (AvgIpc) is 2.81. The normalized spacial score (nSPS) is 13.1. The predicted octanol–water partition coefficient (Wildman–Crippen LogP) is 5.88. The molecule has 0 aromatic heterocycles. The molecule has 0 saturated carbocycles. The third kappa shape index (κ3) is 8.89. The first-order valence-corrected chi connectivity index (χ1v) is 15.5. The summed E-state index contributed by atoms with van der Waals surface area (Å²) >= 11 is 12.8. The Morgan fingerprint density at radius 1 is 1.00 bits per heavy atom. The Morgan fingerprint density at radius 3 is 2.08 bits per heavy atom. The van der Waals surface area contributed by atoms with Crippen LogP contribution in [0.25, 0.3) is 0 Å². The SMILES string of the molecule is CC[C@@H](C)NC(=O)[C@@H](CC)N(Cc1c(Cl)cccc1Cl)C(=O)CCCN(c1cc(C)cc(C)c1)S(C)(=O)=O. The molecule has 0 bridgehead atoms. The number of hydrogen-bond donors (Lipinski definition) is 1. The first-order chi connectivity index (χ1) is 17.8. The number of carbonyl (C=O) groups is 2. The molecule has 0 radical (unpaired) electrons. The van der Waals surface area contributed by atoms with Gasteiger partial charge in [-0.1, -0.05) is 49.2 Å². The summed E-state index contributed by atoms with van der Waals surface area (Å²) in [6.45, 7) is 9.75. The molecular weight excluding hydrogens is 545 g/mol. The van der Waals surface area contributed by atoms with Crippen molar-refractivity contribution < 1.29 is 18.0 Å². The van der Waals surface area contributed by atoms with Gasteiger partial charge in [0, 0.05) is 41.2 Å². The fourth-order valence-corrected chi connectivity index (χ4v) is 5.78. The van der Waals surface area contributed by atoms with Gasteiger partial charge in [-0.2, -0.15) is 0 Å². The van der Waals surface area contributed by atoms with Crippen LogP contribution in [0.2, 0.25) is 10.0 Å². The van der Waals surface area contributed by atoms with E-state index in [2.05, 4.69) is 5.32 Å². The monoisotopic (exact) mass is 583 g/mol. The van der Waals surface area contributed by atoms with E-state index in [0.29, 0.717) is 27.7 Å². The summed E-state index contributed by atoms with van der Waals surface area (Å²) in [6, 6.07) is 9.94. The van der Waals surface area contributed by atoms with E-state index in [9.17, 15) is 18.0 Å². The molecule has 0 spiro atoms. The highest BCUT2D eigenvalue weighted by atomic mass is 35.5. The number of aryl methyl sites for hydroxylation is 2. The van der Waals surface area contributed by atoms with Gasteiger partial charge in [-0.05, 0) is 75.4 Å². The maximum atomic E-state index is 13.6. The van der Waals surface area contributed by atoms with Crippen LogP contribution in [0.3, 0.4) is 0 Å². The molecule has 2 aromatic carbocycles. The fourth-order valence-electron chi connectivity index (χ4n) is 4.31. The van der Waals surface area contributed by atoms with Crippen molar-refractivity contribution in [2.75, 3.05) is 17.1 Å². The Kier molecular flexibility index (Phi) is 11.9. The number of nitrogens with zero attached hydrogens (tertiary/aromatic N) is 2. The summed E-state index contributed by atoms with van der Waals surface area (Å²) in [5, 5.41) is 3.79. The van der Waals surface area contributed by atoms with E-state index in [4.69, 9.17) is 23.2 Å². The summed E-state index contributed by atoms with van der Waals surface area (Å²) in [5.74, 6) is -0.521. The summed E-state index contributed by atoms with van der Waals surface area (Å²) in [7, 11) is -3.57. The van der Waals surface area contributed by atoms with E-state index in [0.717, 1.165) is 23.8 Å². The van der Waals surface area contributed by atoms with Gasteiger partial charge in [0.15, 0.2) is 0 Å². The van der Waals surface area contributed by atoms with Crippen molar-refractivity contribution in [1.82, 2.24) is 10.2 Å². The fraction of sp³-hybridized carbons (Fsp3) is 0.500. The molecule has 2 atom stereocenters. The molecule has 10 heteroatoms. The second-order valence-electron chi connectivity index (χ2n) is 9.75. The molecule has 2 aromatic rings.